The molecule has 4 rings (SSSR count). The predicted molar refractivity (Wildman–Crippen MR) is 81.4 cm³/mol. The van der Waals surface area contributed by atoms with Crippen molar-refractivity contribution in [1.82, 2.24) is 4.90 Å². The number of nitrogens with two attached hydrogens (primary N) is 1. The fraction of sp³-hybridized carbons (Fsp3) is 0.647. The first-order valence-corrected chi connectivity index (χ1v) is 8.11. The third-order valence-electron chi connectivity index (χ3n) is 5.28. The van der Waals surface area contributed by atoms with Crippen LogP contribution in [0.15, 0.2) is 18.2 Å². The zero-order valence-corrected chi connectivity index (χ0v) is 12.7. The number of hydrogen-bond acceptors (Lipinski definition) is 4. The number of hydrogen-bond donors (Lipinski definition) is 1. The molecule has 2 fully saturated rings. The maximum Gasteiger partial charge on any atom is 0.251 e. The van der Waals surface area contributed by atoms with Crippen LogP contribution in [0.1, 0.15) is 43.7 Å². The molecule has 4 heteroatoms. The molecule has 1 spiro atoms. The van der Waals surface area contributed by atoms with Gasteiger partial charge in [0.2, 0.25) is 0 Å². The smallest absolute Gasteiger partial charge is 0.251 e. The summed E-state index contributed by atoms with van der Waals surface area (Å²) in [5.41, 5.74) is 7.16. The third kappa shape index (κ3) is 2.21. The van der Waals surface area contributed by atoms with Gasteiger partial charge in [-0.05, 0) is 56.5 Å². The van der Waals surface area contributed by atoms with E-state index >= 15 is 0 Å². The first kappa shape index (κ1) is 13.4. The maximum atomic E-state index is 6.18. The number of fused-ring (bicyclic) bond motifs is 1. The minimum atomic E-state index is -0.359. The van der Waals surface area contributed by atoms with Gasteiger partial charge < -0.3 is 15.2 Å². The summed E-state index contributed by atoms with van der Waals surface area (Å²) in [4.78, 5) is 2.40. The number of rotatable bonds is 2. The molecule has 1 saturated heterocycles. The Bertz CT molecular complexity index is 540. The summed E-state index contributed by atoms with van der Waals surface area (Å²) >= 11 is 0. The highest BCUT2D eigenvalue weighted by molar-refractivity contribution is 5.47. The Kier molecular flexibility index (Phi) is 3.12. The summed E-state index contributed by atoms with van der Waals surface area (Å²) in [6.45, 7) is 1.86. The van der Waals surface area contributed by atoms with Gasteiger partial charge in [-0.1, -0.05) is 6.07 Å². The second-order valence-electron chi connectivity index (χ2n) is 6.82. The van der Waals surface area contributed by atoms with E-state index in [2.05, 4.69) is 30.1 Å². The van der Waals surface area contributed by atoms with Crippen LogP contribution >= 0.6 is 0 Å². The largest absolute Gasteiger partial charge is 0.448 e. The summed E-state index contributed by atoms with van der Waals surface area (Å²) in [6, 6.07) is 6.91. The van der Waals surface area contributed by atoms with Crippen molar-refractivity contribution in [2.24, 2.45) is 11.7 Å². The Balaban J connectivity index is 1.57. The van der Waals surface area contributed by atoms with Gasteiger partial charge in [-0.25, -0.2) is 0 Å². The molecule has 2 unspecified atom stereocenters. The van der Waals surface area contributed by atoms with E-state index in [9.17, 15) is 0 Å². The predicted octanol–water partition coefficient (Wildman–Crippen LogP) is 2.68. The van der Waals surface area contributed by atoms with Crippen molar-refractivity contribution in [3.63, 3.8) is 0 Å². The average Bonchev–Trinajstić information content (AvgIpc) is 3.17. The first-order chi connectivity index (χ1) is 10.2. The molecule has 114 valence electrons. The third-order valence-corrected chi connectivity index (χ3v) is 5.28. The maximum absolute atomic E-state index is 6.18. The molecule has 0 bridgehead atoms. The minimum absolute atomic E-state index is 0.359. The van der Waals surface area contributed by atoms with E-state index in [0.29, 0.717) is 12.0 Å². The van der Waals surface area contributed by atoms with Crippen LogP contribution in [0.25, 0.3) is 0 Å². The zero-order valence-electron chi connectivity index (χ0n) is 12.7. The van der Waals surface area contributed by atoms with Crippen molar-refractivity contribution in [3.05, 3.63) is 23.8 Å². The molecule has 1 saturated carbocycles. The van der Waals surface area contributed by atoms with Crippen LogP contribution in [0.4, 0.5) is 0 Å². The molecule has 1 aromatic carbocycles. The van der Waals surface area contributed by atoms with E-state index < -0.39 is 0 Å². The monoisotopic (exact) mass is 288 g/mol. The quantitative estimate of drug-likeness (QED) is 0.909. The molecule has 1 aliphatic carbocycles. The second kappa shape index (κ2) is 4.89. The molecule has 2 aliphatic heterocycles. The highest BCUT2D eigenvalue weighted by atomic mass is 16.7. The van der Waals surface area contributed by atoms with E-state index in [1.807, 2.05) is 0 Å². The SMILES string of the molecule is CN1CC(CN)CC1c1ccc2c(c1)OC1(CCCC1)O2. The van der Waals surface area contributed by atoms with Crippen molar-refractivity contribution >= 4 is 0 Å². The highest BCUT2D eigenvalue weighted by Gasteiger charge is 2.44. The second-order valence-corrected chi connectivity index (χ2v) is 6.82. The van der Waals surface area contributed by atoms with Crippen LogP contribution in [0.2, 0.25) is 0 Å². The van der Waals surface area contributed by atoms with Gasteiger partial charge in [0.1, 0.15) is 0 Å². The Morgan fingerprint density at radius 1 is 1.24 bits per heavy atom. The number of ether oxygens (including phenoxy) is 2. The molecule has 2 atom stereocenters. The molecule has 3 aliphatic rings. The molecule has 21 heavy (non-hydrogen) atoms. The van der Waals surface area contributed by atoms with Gasteiger partial charge in [-0.2, -0.15) is 0 Å². The Morgan fingerprint density at radius 3 is 2.71 bits per heavy atom. The number of likely N-dealkylation sites (tertiary alicyclic amines) is 1. The summed E-state index contributed by atoms with van der Waals surface area (Å²) in [7, 11) is 2.18. The molecule has 2 heterocycles. The standard InChI is InChI=1S/C17H24N2O2/c1-19-11-12(10-18)8-14(19)13-4-5-15-16(9-13)21-17(20-15)6-2-3-7-17/h4-5,9,12,14H,2-3,6-8,10-11,18H2,1H3. The Hall–Kier alpha value is -1.26. The van der Waals surface area contributed by atoms with E-state index in [-0.39, 0.29) is 5.79 Å². The molecule has 2 N–H and O–H groups in total. The van der Waals surface area contributed by atoms with Crippen LogP contribution in [0.5, 0.6) is 11.5 Å². The van der Waals surface area contributed by atoms with Gasteiger partial charge in [-0.15, -0.1) is 0 Å². The van der Waals surface area contributed by atoms with Crippen molar-refractivity contribution in [3.8, 4) is 11.5 Å². The van der Waals surface area contributed by atoms with Crippen LogP contribution < -0.4 is 15.2 Å². The van der Waals surface area contributed by atoms with Gasteiger partial charge >= 0.3 is 0 Å². The molecular formula is C17H24N2O2. The zero-order chi connectivity index (χ0) is 14.4. The van der Waals surface area contributed by atoms with Gasteiger partial charge in [0.15, 0.2) is 11.5 Å². The van der Waals surface area contributed by atoms with Gasteiger partial charge in [0.05, 0.1) is 0 Å². The summed E-state index contributed by atoms with van der Waals surface area (Å²) in [5, 5.41) is 0. The number of nitrogens with zero attached hydrogens (tertiary/aromatic N) is 1. The van der Waals surface area contributed by atoms with E-state index in [1.165, 1.54) is 18.4 Å². The Morgan fingerprint density at radius 2 is 2.00 bits per heavy atom. The first-order valence-electron chi connectivity index (χ1n) is 8.11. The molecule has 0 aromatic heterocycles. The van der Waals surface area contributed by atoms with Crippen LogP contribution in [-0.2, 0) is 0 Å². The van der Waals surface area contributed by atoms with Crippen LogP contribution in [0, 0.1) is 5.92 Å². The lowest BCUT2D eigenvalue weighted by molar-refractivity contribution is -0.0716. The van der Waals surface area contributed by atoms with Crippen molar-refractivity contribution in [2.45, 2.75) is 43.9 Å². The van der Waals surface area contributed by atoms with E-state index in [4.69, 9.17) is 15.2 Å². The molecule has 4 nitrogen and oxygen atoms in total. The number of benzene rings is 1. The summed E-state index contributed by atoms with van der Waals surface area (Å²) in [5.74, 6) is 2.09. The molecule has 0 radical (unpaired) electrons. The van der Waals surface area contributed by atoms with Gasteiger partial charge in [-0.3, -0.25) is 4.90 Å². The Labute approximate surface area is 126 Å². The normalized spacial score (nSPS) is 30.4. The van der Waals surface area contributed by atoms with E-state index in [0.717, 1.165) is 43.9 Å². The van der Waals surface area contributed by atoms with Crippen molar-refractivity contribution < 1.29 is 9.47 Å². The molecule has 1 aromatic rings. The fourth-order valence-corrected chi connectivity index (χ4v) is 4.10. The lowest BCUT2D eigenvalue weighted by atomic mass is 9.99. The van der Waals surface area contributed by atoms with Crippen LogP contribution in [-0.4, -0.2) is 30.8 Å². The van der Waals surface area contributed by atoms with Crippen LogP contribution in [0.3, 0.4) is 0 Å². The fourth-order valence-electron chi connectivity index (χ4n) is 4.10. The van der Waals surface area contributed by atoms with Crippen molar-refractivity contribution in [2.75, 3.05) is 20.1 Å². The summed E-state index contributed by atoms with van der Waals surface area (Å²) < 4.78 is 12.3. The molecule has 0 amide bonds. The topological polar surface area (TPSA) is 47.7 Å². The lowest BCUT2D eigenvalue weighted by Gasteiger charge is -2.21. The van der Waals surface area contributed by atoms with E-state index in [1.54, 1.807) is 0 Å². The lowest BCUT2D eigenvalue weighted by Crippen LogP contribution is -2.34. The average molecular weight is 288 g/mol. The van der Waals surface area contributed by atoms with Gasteiger partial charge in [0, 0.05) is 25.4 Å². The summed E-state index contributed by atoms with van der Waals surface area (Å²) in [6.07, 6.45) is 5.55. The van der Waals surface area contributed by atoms with Crippen molar-refractivity contribution in [1.29, 1.82) is 0 Å². The molecular weight excluding hydrogens is 264 g/mol. The minimum Gasteiger partial charge on any atom is -0.448 e. The van der Waals surface area contributed by atoms with Gasteiger partial charge in [0.25, 0.3) is 5.79 Å². The highest BCUT2D eigenvalue weighted by Crippen LogP contribution is 2.48.